The Bertz CT molecular complexity index is 828. The first kappa shape index (κ1) is 18.8. The van der Waals surface area contributed by atoms with Gasteiger partial charge in [-0.3, -0.25) is 24.1 Å². The van der Waals surface area contributed by atoms with Gasteiger partial charge in [0, 0.05) is 17.8 Å². The van der Waals surface area contributed by atoms with Crippen LogP contribution in [0.1, 0.15) is 38.4 Å². The summed E-state index contributed by atoms with van der Waals surface area (Å²) >= 11 is 1.53. The molecule has 7 nitrogen and oxygen atoms in total. The second kappa shape index (κ2) is 8.59. The lowest BCUT2D eigenvalue weighted by Crippen LogP contribution is -2.31. The molecule has 1 aromatic heterocycles. The zero-order valence-electron chi connectivity index (χ0n) is 14.5. The molecule has 0 atom stereocenters. The number of carbonyl (C=O) groups is 4. The SMILES string of the molecule is O=C(COC(=O)CCCN1C(=O)c2ccccc2C1=O)NCc1cccs1. The molecule has 2 aromatic rings. The zero-order valence-corrected chi connectivity index (χ0v) is 15.3. The number of thiophene rings is 1. The lowest BCUT2D eigenvalue weighted by atomic mass is 10.1. The zero-order chi connectivity index (χ0) is 19.2. The molecule has 1 N–H and O–H groups in total. The molecule has 1 aliphatic rings. The minimum absolute atomic E-state index is 0.0195. The highest BCUT2D eigenvalue weighted by Gasteiger charge is 2.34. The van der Waals surface area contributed by atoms with Crippen LogP contribution < -0.4 is 5.32 Å². The van der Waals surface area contributed by atoms with Gasteiger partial charge >= 0.3 is 5.97 Å². The Morgan fingerprint density at radius 3 is 2.37 bits per heavy atom. The summed E-state index contributed by atoms with van der Waals surface area (Å²) in [6, 6.07) is 10.4. The molecular weight excluding hydrogens is 368 g/mol. The van der Waals surface area contributed by atoms with E-state index in [1.165, 1.54) is 11.3 Å². The number of rotatable bonds is 8. The topological polar surface area (TPSA) is 92.8 Å². The average molecular weight is 386 g/mol. The summed E-state index contributed by atoms with van der Waals surface area (Å²) in [5, 5.41) is 4.57. The van der Waals surface area contributed by atoms with Gasteiger partial charge in [0.1, 0.15) is 0 Å². The van der Waals surface area contributed by atoms with E-state index < -0.39 is 5.97 Å². The molecule has 1 aliphatic heterocycles. The van der Waals surface area contributed by atoms with Gasteiger partial charge in [-0.2, -0.15) is 0 Å². The van der Waals surface area contributed by atoms with Crippen LogP contribution in [0, 0.1) is 0 Å². The van der Waals surface area contributed by atoms with Crippen molar-refractivity contribution in [3.63, 3.8) is 0 Å². The van der Waals surface area contributed by atoms with Gasteiger partial charge in [0.15, 0.2) is 6.61 Å². The van der Waals surface area contributed by atoms with Crippen molar-refractivity contribution in [3.8, 4) is 0 Å². The number of hydrogen-bond acceptors (Lipinski definition) is 6. The van der Waals surface area contributed by atoms with Crippen LogP contribution >= 0.6 is 11.3 Å². The van der Waals surface area contributed by atoms with Gasteiger partial charge < -0.3 is 10.1 Å². The van der Waals surface area contributed by atoms with Crippen LogP contribution in [0.5, 0.6) is 0 Å². The number of fused-ring (bicyclic) bond motifs is 1. The van der Waals surface area contributed by atoms with E-state index in [0.29, 0.717) is 17.7 Å². The first-order valence-corrected chi connectivity index (χ1v) is 9.34. The molecular formula is C19H18N2O5S. The van der Waals surface area contributed by atoms with Gasteiger partial charge in [0.2, 0.25) is 0 Å². The lowest BCUT2D eigenvalue weighted by Gasteiger charge is -2.13. The Labute approximate surface area is 159 Å². The second-order valence-electron chi connectivity index (χ2n) is 5.93. The van der Waals surface area contributed by atoms with Crippen molar-refractivity contribution in [1.29, 1.82) is 0 Å². The third-order valence-corrected chi connectivity index (χ3v) is 4.92. The van der Waals surface area contributed by atoms with Gasteiger partial charge in [-0.1, -0.05) is 18.2 Å². The van der Waals surface area contributed by atoms with Crippen LogP contribution in [0.25, 0.3) is 0 Å². The number of ether oxygens (including phenoxy) is 1. The minimum atomic E-state index is -0.544. The Hall–Kier alpha value is -3.00. The van der Waals surface area contributed by atoms with E-state index >= 15 is 0 Å². The van der Waals surface area contributed by atoms with Gasteiger partial charge in [0.25, 0.3) is 17.7 Å². The molecule has 0 saturated heterocycles. The van der Waals surface area contributed by atoms with Gasteiger partial charge in [0.05, 0.1) is 17.7 Å². The maximum atomic E-state index is 12.2. The Balaban J connectivity index is 1.36. The highest BCUT2D eigenvalue weighted by atomic mass is 32.1. The molecule has 140 valence electrons. The number of benzene rings is 1. The van der Waals surface area contributed by atoms with Crippen molar-refractivity contribution in [1.82, 2.24) is 10.2 Å². The number of carbonyl (C=O) groups excluding carboxylic acids is 4. The van der Waals surface area contributed by atoms with Crippen LogP contribution in [-0.4, -0.2) is 41.7 Å². The summed E-state index contributed by atoms with van der Waals surface area (Å²) in [6.45, 7) is 0.178. The summed E-state index contributed by atoms with van der Waals surface area (Å²) in [5.41, 5.74) is 0.764. The number of nitrogens with one attached hydrogen (secondary N) is 1. The van der Waals surface area contributed by atoms with Crippen LogP contribution in [0.15, 0.2) is 41.8 Å². The highest BCUT2D eigenvalue weighted by molar-refractivity contribution is 7.09. The van der Waals surface area contributed by atoms with Gasteiger partial charge in [-0.15, -0.1) is 11.3 Å². The molecule has 0 aliphatic carbocycles. The van der Waals surface area contributed by atoms with Crippen molar-refractivity contribution in [3.05, 3.63) is 57.8 Å². The fourth-order valence-corrected chi connectivity index (χ4v) is 3.34. The summed E-state index contributed by atoms with van der Waals surface area (Å²) < 4.78 is 4.92. The molecule has 0 radical (unpaired) electrons. The van der Waals surface area contributed by atoms with E-state index in [0.717, 1.165) is 9.78 Å². The molecule has 0 unspecified atom stereocenters. The number of nitrogens with zero attached hydrogens (tertiary/aromatic N) is 1. The lowest BCUT2D eigenvalue weighted by molar-refractivity contribution is -0.148. The molecule has 0 saturated carbocycles. The van der Waals surface area contributed by atoms with Crippen molar-refractivity contribution in [2.75, 3.05) is 13.2 Å². The molecule has 1 aromatic carbocycles. The van der Waals surface area contributed by atoms with Crippen LogP contribution in [0.3, 0.4) is 0 Å². The summed E-state index contributed by atoms with van der Waals surface area (Å²) in [7, 11) is 0. The van der Waals surface area contributed by atoms with Gasteiger partial charge in [-0.05, 0) is 30.0 Å². The first-order valence-electron chi connectivity index (χ1n) is 8.46. The standard InChI is InChI=1S/C19H18N2O5S/c22-16(20-11-13-5-4-10-27-13)12-26-17(23)8-3-9-21-18(24)14-6-1-2-7-15(14)19(21)25/h1-2,4-7,10H,3,8-9,11-12H2,(H,20,22). The van der Waals surface area contributed by atoms with Crippen molar-refractivity contribution in [2.45, 2.75) is 19.4 Å². The molecule has 3 amide bonds. The highest BCUT2D eigenvalue weighted by Crippen LogP contribution is 2.22. The third kappa shape index (κ3) is 4.59. The van der Waals surface area contributed by atoms with E-state index in [2.05, 4.69) is 5.32 Å². The second-order valence-corrected chi connectivity index (χ2v) is 6.96. The smallest absolute Gasteiger partial charge is 0.306 e. The Kier molecular flexibility index (Phi) is 5.97. The van der Waals surface area contributed by atoms with Crippen molar-refractivity contribution in [2.24, 2.45) is 0 Å². The fourth-order valence-electron chi connectivity index (χ4n) is 2.69. The monoisotopic (exact) mass is 386 g/mol. The number of hydrogen-bond donors (Lipinski definition) is 1. The molecule has 0 fully saturated rings. The first-order chi connectivity index (χ1) is 13.1. The Morgan fingerprint density at radius 2 is 1.74 bits per heavy atom. The largest absolute Gasteiger partial charge is 0.456 e. The van der Waals surface area contributed by atoms with E-state index in [1.807, 2.05) is 17.5 Å². The van der Waals surface area contributed by atoms with Crippen molar-refractivity contribution >= 4 is 35.0 Å². The molecule has 0 bridgehead atoms. The van der Waals surface area contributed by atoms with E-state index in [9.17, 15) is 19.2 Å². The van der Waals surface area contributed by atoms with E-state index in [1.54, 1.807) is 24.3 Å². The minimum Gasteiger partial charge on any atom is -0.456 e. The third-order valence-electron chi connectivity index (χ3n) is 4.04. The average Bonchev–Trinajstić information content (AvgIpc) is 3.28. The Morgan fingerprint density at radius 1 is 1.04 bits per heavy atom. The summed E-state index contributed by atoms with van der Waals surface area (Å²) in [5.74, 6) is -1.62. The number of amides is 3. The maximum Gasteiger partial charge on any atom is 0.306 e. The van der Waals surface area contributed by atoms with Crippen LogP contribution in [0.2, 0.25) is 0 Å². The summed E-state index contributed by atoms with van der Waals surface area (Å²) in [6.07, 6.45) is 0.298. The summed E-state index contributed by atoms with van der Waals surface area (Å²) in [4.78, 5) is 50.0. The quantitative estimate of drug-likeness (QED) is 0.553. The van der Waals surface area contributed by atoms with Crippen LogP contribution in [-0.2, 0) is 20.9 Å². The molecule has 27 heavy (non-hydrogen) atoms. The molecule has 8 heteroatoms. The van der Waals surface area contributed by atoms with E-state index in [-0.39, 0.29) is 43.7 Å². The van der Waals surface area contributed by atoms with Crippen LogP contribution in [0.4, 0.5) is 0 Å². The fraction of sp³-hybridized carbons (Fsp3) is 0.263. The molecule has 2 heterocycles. The van der Waals surface area contributed by atoms with Gasteiger partial charge in [-0.25, -0.2) is 0 Å². The molecule has 3 rings (SSSR count). The number of esters is 1. The van der Waals surface area contributed by atoms with E-state index in [4.69, 9.17) is 4.74 Å². The molecule has 0 spiro atoms. The predicted octanol–water partition coefficient (Wildman–Crippen LogP) is 1.98. The predicted molar refractivity (Wildman–Crippen MR) is 98.2 cm³/mol. The maximum absolute atomic E-state index is 12.2. The normalized spacial score (nSPS) is 12.8. The van der Waals surface area contributed by atoms with Crippen molar-refractivity contribution < 1.29 is 23.9 Å². The number of imide groups is 1.